The van der Waals surface area contributed by atoms with Gasteiger partial charge in [-0.1, -0.05) is 25.3 Å². The molecule has 0 heterocycles. The summed E-state index contributed by atoms with van der Waals surface area (Å²) in [4.78, 5) is 0. The van der Waals surface area contributed by atoms with Crippen LogP contribution in [0.2, 0.25) is 0 Å². The Hall–Kier alpha value is -0.890. The molecule has 18 heavy (non-hydrogen) atoms. The van der Waals surface area contributed by atoms with E-state index in [-0.39, 0.29) is 5.82 Å². The van der Waals surface area contributed by atoms with Crippen molar-refractivity contribution in [1.29, 1.82) is 0 Å². The van der Waals surface area contributed by atoms with E-state index in [9.17, 15) is 4.39 Å². The third-order valence-electron chi connectivity index (χ3n) is 4.41. The van der Waals surface area contributed by atoms with Gasteiger partial charge in [0.1, 0.15) is 5.82 Å². The van der Waals surface area contributed by atoms with Gasteiger partial charge in [0, 0.05) is 0 Å². The summed E-state index contributed by atoms with van der Waals surface area (Å²) in [7, 11) is 0. The molecule has 0 amide bonds. The molecule has 0 spiro atoms. The molecule has 0 bridgehead atoms. The molecule has 1 nitrogen and oxygen atoms in total. The fourth-order valence-electron chi connectivity index (χ4n) is 3.21. The van der Waals surface area contributed by atoms with Crippen molar-refractivity contribution in [2.75, 3.05) is 6.54 Å². The molecular weight excluding hydrogens is 225 g/mol. The van der Waals surface area contributed by atoms with Crippen LogP contribution in [0.1, 0.15) is 43.2 Å². The third kappa shape index (κ3) is 3.32. The summed E-state index contributed by atoms with van der Waals surface area (Å²) in [6, 6.07) is 5.17. The van der Waals surface area contributed by atoms with Gasteiger partial charge in [-0.05, 0) is 67.8 Å². The van der Waals surface area contributed by atoms with Crippen LogP contribution in [0.15, 0.2) is 18.2 Å². The van der Waals surface area contributed by atoms with Gasteiger partial charge in [-0.3, -0.25) is 0 Å². The molecule has 0 aliphatic heterocycles. The lowest BCUT2D eigenvalue weighted by Gasteiger charge is -2.24. The lowest BCUT2D eigenvalue weighted by molar-refractivity contribution is 0.318. The van der Waals surface area contributed by atoms with Gasteiger partial charge in [0.25, 0.3) is 0 Å². The molecule has 1 aromatic carbocycles. The normalized spacial score (nSPS) is 24.8. The standard InChI is InChI=1S/C16H24FN/c1-12-9-16(17)8-7-13(12)10-14-5-3-2-4-6-15(14)11-18/h7-9,14-15H,2-6,10-11,18H2,1H3. The van der Waals surface area contributed by atoms with E-state index in [0.29, 0.717) is 11.8 Å². The zero-order valence-electron chi connectivity index (χ0n) is 11.3. The SMILES string of the molecule is Cc1cc(F)ccc1CC1CCCCCC1CN. The number of halogens is 1. The Morgan fingerprint density at radius 1 is 1.17 bits per heavy atom. The first-order valence-electron chi connectivity index (χ1n) is 7.16. The second-order valence-corrected chi connectivity index (χ2v) is 5.67. The Balaban J connectivity index is 2.10. The van der Waals surface area contributed by atoms with Crippen LogP contribution in [0.5, 0.6) is 0 Å². The van der Waals surface area contributed by atoms with Crippen molar-refractivity contribution >= 4 is 0 Å². The Bertz CT molecular complexity index is 389. The van der Waals surface area contributed by atoms with E-state index in [1.165, 1.54) is 37.7 Å². The van der Waals surface area contributed by atoms with Crippen molar-refractivity contribution in [1.82, 2.24) is 0 Å². The summed E-state index contributed by atoms with van der Waals surface area (Å²) in [5, 5.41) is 0. The number of hydrogen-bond acceptors (Lipinski definition) is 1. The largest absolute Gasteiger partial charge is 0.330 e. The summed E-state index contributed by atoms with van der Waals surface area (Å²) in [6.07, 6.45) is 7.59. The van der Waals surface area contributed by atoms with Crippen molar-refractivity contribution in [2.24, 2.45) is 17.6 Å². The van der Waals surface area contributed by atoms with Gasteiger partial charge >= 0.3 is 0 Å². The maximum absolute atomic E-state index is 13.1. The lowest BCUT2D eigenvalue weighted by Crippen LogP contribution is -2.24. The van der Waals surface area contributed by atoms with Crippen LogP contribution in [0.4, 0.5) is 4.39 Å². The zero-order valence-corrected chi connectivity index (χ0v) is 11.3. The maximum atomic E-state index is 13.1. The van der Waals surface area contributed by atoms with Crippen LogP contribution in [0.25, 0.3) is 0 Å². The van der Waals surface area contributed by atoms with E-state index in [2.05, 4.69) is 0 Å². The summed E-state index contributed by atoms with van der Waals surface area (Å²) < 4.78 is 13.1. The molecule has 1 aliphatic carbocycles. The Kier molecular flexibility index (Phi) is 4.76. The van der Waals surface area contributed by atoms with Crippen LogP contribution in [0.3, 0.4) is 0 Å². The van der Waals surface area contributed by atoms with Gasteiger partial charge in [0.15, 0.2) is 0 Å². The van der Waals surface area contributed by atoms with Crippen LogP contribution in [-0.4, -0.2) is 6.54 Å². The zero-order chi connectivity index (χ0) is 13.0. The Morgan fingerprint density at radius 3 is 2.56 bits per heavy atom. The predicted octanol–water partition coefficient (Wildman–Crippen LogP) is 3.83. The molecule has 0 saturated heterocycles. The molecule has 0 aromatic heterocycles. The highest BCUT2D eigenvalue weighted by molar-refractivity contribution is 5.27. The minimum Gasteiger partial charge on any atom is -0.330 e. The van der Waals surface area contributed by atoms with Gasteiger partial charge in [-0.25, -0.2) is 4.39 Å². The summed E-state index contributed by atoms with van der Waals surface area (Å²) in [5.41, 5.74) is 8.29. The number of hydrogen-bond donors (Lipinski definition) is 1. The summed E-state index contributed by atoms with van der Waals surface area (Å²) >= 11 is 0. The molecule has 2 rings (SSSR count). The first kappa shape index (κ1) is 13.5. The maximum Gasteiger partial charge on any atom is 0.123 e. The van der Waals surface area contributed by atoms with Gasteiger partial charge in [-0.15, -0.1) is 0 Å². The van der Waals surface area contributed by atoms with E-state index in [0.717, 1.165) is 18.5 Å². The van der Waals surface area contributed by atoms with Crippen molar-refractivity contribution in [3.63, 3.8) is 0 Å². The van der Waals surface area contributed by atoms with Crippen LogP contribution in [-0.2, 0) is 6.42 Å². The monoisotopic (exact) mass is 249 g/mol. The van der Waals surface area contributed by atoms with E-state index >= 15 is 0 Å². The molecular formula is C16H24FN. The topological polar surface area (TPSA) is 26.0 Å². The number of rotatable bonds is 3. The average molecular weight is 249 g/mol. The fraction of sp³-hybridized carbons (Fsp3) is 0.625. The predicted molar refractivity (Wildman–Crippen MR) is 74.0 cm³/mol. The third-order valence-corrected chi connectivity index (χ3v) is 4.41. The number of benzene rings is 1. The highest BCUT2D eigenvalue weighted by Crippen LogP contribution is 2.31. The molecule has 2 atom stereocenters. The van der Waals surface area contributed by atoms with Crippen LogP contribution >= 0.6 is 0 Å². The van der Waals surface area contributed by atoms with Gasteiger partial charge in [0.2, 0.25) is 0 Å². The van der Waals surface area contributed by atoms with E-state index in [1.54, 1.807) is 12.1 Å². The first-order chi connectivity index (χ1) is 8.70. The molecule has 2 heteroatoms. The minimum absolute atomic E-state index is 0.132. The Labute approximate surface area is 110 Å². The quantitative estimate of drug-likeness (QED) is 0.809. The molecule has 1 aromatic rings. The van der Waals surface area contributed by atoms with Crippen molar-refractivity contribution in [3.05, 3.63) is 35.1 Å². The smallest absolute Gasteiger partial charge is 0.123 e. The lowest BCUT2D eigenvalue weighted by atomic mass is 9.82. The second kappa shape index (κ2) is 6.33. The second-order valence-electron chi connectivity index (χ2n) is 5.67. The Morgan fingerprint density at radius 2 is 1.89 bits per heavy atom. The molecule has 1 fully saturated rings. The van der Waals surface area contributed by atoms with Crippen molar-refractivity contribution < 1.29 is 4.39 Å². The van der Waals surface area contributed by atoms with E-state index in [1.807, 2.05) is 13.0 Å². The van der Waals surface area contributed by atoms with Gasteiger partial charge < -0.3 is 5.73 Å². The van der Waals surface area contributed by atoms with E-state index < -0.39 is 0 Å². The minimum atomic E-state index is -0.132. The first-order valence-corrected chi connectivity index (χ1v) is 7.16. The number of nitrogens with two attached hydrogens (primary N) is 1. The van der Waals surface area contributed by atoms with Crippen molar-refractivity contribution in [3.8, 4) is 0 Å². The van der Waals surface area contributed by atoms with Crippen LogP contribution < -0.4 is 5.73 Å². The highest BCUT2D eigenvalue weighted by Gasteiger charge is 2.23. The molecule has 100 valence electrons. The summed E-state index contributed by atoms with van der Waals surface area (Å²) in [5.74, 6) is 1.20. The van der Waals surface area contributed by atoms with Crippen molar-refractivity contribution in [2.45, 2.75) is 45.4 Å². The van der Waals surface area contributed by atoms with Gasteiger partial charge in [-0.2, -0.15) is 0 Å². The fourth-order valence-corrected chi connectivity index (χ4v) is 3.21. The average Bonchev–Trinajstić information content (AvgIpc) is 2.57. The molecule has 1 saturated carbocycles. The number of aryl methyl sites for hydroxylation is 1. The molecule has 2 unspecified atom stereocenters. The molecule has 1 aliphatic rings. The molecule has 0 radical (unpaired) electrons. The molecule has 2 N–H and O–H groups in total. The van der Waals surface area contributed by atoms with Crippen LogP contribution in [0, 0.1) is 24.6 Å². The highest BCUT2D eigenvalue weighted by atomic mass is 19.1. The summed E-state index contributed by atoms with van der Waals surface area (Å²) in [6.45, 7) is 2.80. The van der Waals surface area contributed by atoms with Gasteiger partial charge in [0.05, 0.1) is 0 Å². The van der Waals surface area contributed by atoms with E-state index in [4.69, 9.17) is 5.73 Å².